The molecule has 0 fully saturated rings. The summed E-state index contributed by atoms with van der Waals surface area (Å²) in [5.74, 6) is 1.33. The molecule has 0 aliphatic rings. The highest BCUT2D eigenvalue weighted by Crippen LogP contribution is 2.30. The fourth-order valence-corrected chi connectivity index (χ4v) is 1.86. The van der Waals surface area contributed by atoms with Crippen LogP contribution in [0.25, 0.3) is 0 Å². The van der Waals surface area contributed by atoms with Crippen molar-refractivity contribution in [1.82, 2.24) is 0 Å². The van der Waals surface area contributed by atoms with E-state index >= 15 is 0 Å². The number of nitriles is 1. The minimum atomic E-state index is -0.591. The molecule has 0 heterocycles. The van der Waals surface area contributed by atoms with Gasteiger partial charge in [0.1, 0.15) is 11.5 Å². The van der Waals surface area contributed by atoms with Crippen molar-refractivity contribution in [3.63, 3.8) is 0 Å². The van der Waals surface area contributed by atoms with Gasteiger partial charge < -0.3 is 14.6 Å². The van der Waals surface area contributed by atoms with Crippen molar-refractivity contribution in [2.75, 3.05) is 13.7 Å². The van der Waals surface area contributed by atoms with Crippen molar-refractivity contribution in [1.29, 1.82) is 5.26 Å². The predicted octanol–water partition coefficient (Wildman–Crippen LogP) is 3.46. The fourth-order valence-electron chi connectivity index (χ4n) is 1.86. The van der Waals surface area contributed by atoms with Crippen LogP contribution in [0.15, 0.2) is 18.2 Å². The number of aliphatic hydroxyl groups is 1. The van der Waals surface area contributed by atoms with Gasteiger partial charge in [-0.2, -0.15) is 5.26 Å². The van der Waals surface area contributed by atoms with E-state index in [1.807, 2.05) is 13.8 Å². The second kappa shape index (κ2) is 7.16. The largest absolute Gasteiger partial charge is 0.497 e. The van der Waals surface area contributed by atoms with Gasteiger partial charge in [-0.3, -0.25) is 0 Å². The topological polar surface area (TPSA) is 62.5 Å². The zero-order valence-electron chi connectivity index (χ0n) is 12.6. The lowest BCUT2D eigenvalue weighted by atomic mass is 9.90. The summed E-state index contributed by atoms with van der Waals surface area (Å²) in [5.41, 5.74) is 0.413. The molecule has 0 spiro atoms. The highest BCUT2D eigenvalue weighted by atomic mass is 16.5. The van der Waals surface area contributed by atoms with Gasteiger partial charge in [0.25, 0.3) is 0 Å². The Balaban J connectivity index is 2.65. The van der Waals surface area contributed by atoms with E-state index in [1.165, 1.54) is 0 Å². The molecule has 1 N–H and O–H groups in total. The summed E-state index contributed by atoms with van der Waals surface area (Å²) in [5, 5.41) is 18.7. The van der Waals surface area contributed by atoms with Crippen molar-refractivity contribution in [3.05, 3.63) is 23.8 Å². The van der Waals surface area contributed by atoms with Gasteiger partial charge in [-0.25, -0.2) is 0 Å². The Morgan fingerprint density at radius 1 is 1.40 bits per heavy atom. The minimum absolute atomic E-state index is 0.329. The highest BCUT2D eigenvalue weighted by molar-refractivity contribution is 5.41. The van der Waals surface area contributed by atoms with Crippen LogP contribution in [0.4, 0.5) is 0 Å². The Morgan fingerprint density at radius 2 is 2.10 bits per heavy atom. The number of hydrogen-bond donors (Lipinski definition) is 1. The highest BCUT2D eigenvalue weighted by Gasteiger charge is 2.16. The molecule has 0 saturated carbocycles. The molecule has 0 amide bonds. The Hall–Kier alpha value is -1.73. The molecule has 0 aromatic heterocycles. The Kier molecular flexibility index (Phi) is 5.84. The van der Waals surface area contributed by atoms with E-state index in [9.17, 15) is 5.11 Å². The first-order valence-corrected chi connectivity index (χ1v) is 6.79. The van der Waals surface area contributed by atoms with Crippen LogP contribution in [0.2, 0.25) is 0 Å². The predicted molar refractivity (Wildman–Crippen MR) is 77.8 cm³/mol. The van der Waals surface area contributed by atoms with E-state index in [2.05, 4.69) is 6.07 Å². The molecular weight excluding hydrogens is 254 g/mol. The first-order valence-electron chi connectivity index (χ1n) is 6.79. The first kappa shape index (κ1) is 16.3. The Morgan fingerprint density at radius 3 is 2.65 bits per heavy atom. The van der Waals surface area contributed by atoms with Crippen LogP contribution < -0.4 is 9.47 Å². The third-order valence-corrected chi connectivity index (χ3v) is 3.18. The van der Waals surface area contributed by atoms with Gasteiger partial charge in [0.15, 0.2) is 0 Å². The lowest BCUT2D eigenvalue weighted by Gasteiger charge is -2.17. The summed E-state index contributed by atoms with van der Waals surface area (Å²) in [4.78, 5) is 0. The van der Waals surface area contributed by atoms with Gasteiger partial charge in [-0.1, -0.05) is 0 Å². The van der Waals surface area contributed by atoms with E-state index in [0.717, 1.165) is 18.4 Å². The van der Waals surface area contributed by atoms with E-state index in [4.69, 9.17) is 14.7 Å². The van der Waals surface area contributed by atoms with Crippen molar-refractivity contribution >= 4 is 0 Å². The molecule has 1 aromatic rings. The minimum Gasteiger partial charge on any atom is -0.497 e. The maximum Gasteiger partial charge on any atom is 0.128 e. The summed E-state index contributed by atoms with van der Waals surface area (Å²) in [6.07, 6.45) is 0.973. The van der Waals surface area contributed by atoms with Crippen molar-refractivity contribution in [3.8, 4) is 17.6 Å². The van der Waals surface area contributed by atoms with E-state index < -0.39 is 6.10 Å². The lowest BCUT2D eigenvalue weighted by molar-refractivity contribution is 0.189. The third kappa shape index (κ3) is 4.75. The Bertz CT molecular complexity index is 475. The van der Waals surface area contributed by atoms with Crippen LogP contribution in [0.1, 0.15) is 45.3 Å². The number of benzene rings is 1. The Labute approximate surface area is 120 Å². The zero-order chi connectivity index (χ0) is 15.2. The molecule has 0 aliphatic carbocycles. The van der Waals surface area contributed by atoms with Crippen molar-refractivity contribution < 1.29 is 14.6 Å². The number of rotatable bonds is 7. The van der Waals surface area contributed by atoms with E-state index in [1.54, 1.807) is 32.2 Å². The van der Waals surface area contributed by atoms with E-state index in [-0.39, 0.29) is 5.41 Å². The number of methoxy groups -OCH3 is 1. The molecule has 110 valence electrons. The van der Waals surface area contributed by atoms with Gasteiger partial charge in [0.2, 0.25) is 0 Å². The number of nitrogens with zero attached hydrogens (tertiary/aromatic N) is 1. The molecule has 0 radical (unpaired) electrons. The van der Waals surface area contributed by atoms with Crippen LogP contribution in [-0.2, 0) is 0 Å². The molecule has 1 rings (SSSR count). The molecule has 20 heavy (non-hydrogen) atoms. The SMILES string of the molecule is COc1ccc([C@@H](C)O)c(OCCCC(C)(C)C#N)c1. The maximum absolute atomic E-state index is 9.73. The molecule has 1 atom stereocenters. The van der Waals surface area contributed by atoms with Gasteiger partial charge >= 0.3 is 0 Å². The summed E-state index contributed by atoms with van der Waals surface area (Å²) in [6.45, 7) is 6.05. The van der Waals surface area contributed by atoms with Gasteiger partial charge in [-0.05, 0) is 45.7 Å². The van der Waals surface area contributed by atoms with Crippen LogP contribution in [0, 0.1) is 16.7 Å². The summed E-state index contributed by atoms with van der Waals surface area (Å²) < 4.78 is 10.9. The first-order chi connectivity index (χ1) is 9.39. The number of ether oxygens (including phenoxy) is 2. The third-order valence-electron chi connectivity index (χ3n) is 3.18. The fraction of sp³-hybridized carbons (Fsp3) is 0.562. The average molecular weight is 277 g/mol. The monoisotopic (exact) mass is 277 g/mol. The average Bonchev–Trinajstić information content (AvgIpc) is 2.43. The quantitative estimate of drug-likeness (QED) is 0.775. The van der Waals surface area contributed by atoms with Crippen molar-refractivity contribution in [2.24, 2.45) is 5.41 Å². The number of aliphatic hydroxyl groups excluding tert-OH is 1. The second-order valence-corrected chi connectivity index (χ2v) is 5.53. The molecule has 0 aliphatic heterocycles. The lowest BCUT2D eigenvalue weighted by Crippen LogP contribution is -2.10. The number of hydrogen-bond acceptors (Lipinski definition) is 4. The molecule has 1 aromatic carbocycles. The van der Waals surface area contributed by atoms with Gasteiger partial charge in [0, 0.05) is 11.6 Å². The van der Waals surface area contributed by atoms with E-state index in [0.29, 0.717) is 18.1 Å². The van der Waals surface area contributed by atoms with Crippen LogP contribution in [0.5, 0.6) is 11.5 Å². The summed E-state index contributed by atoms with van der Waals surface area (Å²) in [6, 6.07) is 7.65. The molecule has 0 unspecified atom stereocenters. The van der Waals surface area contributed by atoms with Gasteiger partial charge in [-0.15, -0.1) is 0 Å². The van der Waals surface area contributed by atoms with Crippen LogP contribution >= 0.6 is 0 Å². The smallest absolute Gasteiger partial charge is 0.128 e. The summed E-state index contributed by atoms with van der Waals surface area (Å²) in [7, 11) is 1.59. The zero-order valence-corrected chi connectivity index (χ0v) is 12.6. The van der Waals surface area contributed by atoms with Crippen molar-refractivity contribution in [2.45, 2.75) is 39.7 Å². The second-order valence-electron chi connectivity index (χ2n) is 5.53. The van der Waals surface area contributed by atoms with Gasteiger partial charge in [0.05, 0.1) is 31.3 Å². The molecule has 0 bridgehead atoms. The normalized spacial score (nSPS) is 12.6. The standard InChI is InChI=1S/C16H23NO3/c1-12(18)14-7-6-13(19-4)10-15(14)20-9-5-8-16(2,3)11-17/h6-7,10,12,18H,5,8-9H2,1-4H3/t12-/m1/s1. The molecule has 4 heteroatoms. The van der Waals surface area contributed by atoms with Crippen LogP contribution in [-0.4, -0.2) is 18.8 Å². The molecule has 0 saturated heterocycles. The summed E-state index contributed by atoms with van der Waals surface area (Å²) >= 11 is 0. The molecular formula is C16H23NO3. The maximum atomic E-state index is 9.73. The molecule has 4 nitrogen and oxygen atoms in total. The van der Waals surface area contributed by atoms with Crippen LogP contribution in [0.3, 0.4) is 0 Å².